The molecule has 1 fully saturated rings. The fourth-order valence-electron chi connectivity index (χ4n) is 5.45. The average Bonchev–Trinajstić information content (AvgIpc) is 2.99. The molecule has 1 aliphatic heterocycles. The molecule has 16 heteroatoms. The summed E-state index contributed by atoms with van der Waals surface area (Å²) in [7, 11) is -9.08. The number of unbranched alkanes of at least 4 members (excludes halogenated alkanes) is 16. The lowest BCUT2D eigenvalue weighted by Crippen LogP contribution is -2.62. The van der Waals surface area contributed by atoms with Gasteiger partial charge in [-0.2, -0.15) is 16.8 Å². The van der Waals surface area contributed by atoms with Gasteiger partial charge in [-0.15, -0.1) is 0 Å². The van der Waals surface area contributed by atoms with Crippen LogP contribution in [-0.2, 0) is 57.7 Å². The standard InChI is InChI=1S/C31H58O14S2/c1-4-6-8-10-12-14-16-18-20-22-26(32)43-29-28(45-47(37,38)39)25(24-41-46(34,35)36)42-31(40-3)30(29)44-27(33)23-21-19-17-15-13-11-9-7-5-2/h25,28-31H,4-24H2,1-3H3,(H,34,35,36)(H,37,38,39)/t25-,28-,29+,30-,31+/m1/s1. The summed E-state index contributed by atoms with van der Waals surface area (Å²) in [6.07, 6.45) is 9.89. The molecule has 1 rings (SSSR count). The van der Waals surface area contributed by atoms with Gasteiger partial charge in [0.05, 0.1) is 6.61 Å². The SMILES string of the molecule is CCCCCCCCCCCC(=O)O[C@@H]1[C@@H](OC(=O)CCCCCCCCCCC)[C@@H](OC)O[C@H](COS(=O)(=O)O)[C@H]1OS(=O)(=O)O. The van der Waals surface area contributed by atoms with Gasteiger partial charge in [-0.05, 0) is 12.8 Å². The second-order valence-electron chi connectivity index (χ2n) is 12.0. The van der Waals surface area contributed by atoms with Crippen LogP contribution >= 0.6 is 0 Å². The summed E-state index contributed by atoms with van der Waals surface area (Å²) < 4.78 is 95.8. The van der Waals surface area contributed by atoms with Gasteiger partial charge in [0.1, 0.15) is 12.2 Å². The van der Waals surface area contributed by atoms with Crippen LogP contribution < -0.4 is 0 Å². The van der Waals surface area contributed by atoms with Gasteiger partial charge in [-0.1, -0.05) is 117 Å². The number of ether oxygens (including phenoxy) is 4. The third-order valence-electron chi connectivity index (χ3n) is 7.94. The minimum Gasteiger partial charge on any atom is -0.455 e. The number of methoxy groups -OCH3 is 1. The highest BCUT2D eigenvalue weighted by molar-refractivity contribution is 7.81. The predicted molar refractivity (Wildman–Crippen MR) is 173 cm³/mol. The molecule has 0 aromatic rings. The van der Waals surface area contributed by atoms with Crippen LogP contribution in [0.2, 0.25) is 0 Å². The number of hydrogen-bond acceptors (Lipinski definition) is 12. The van der Waals surface area contributed by atoms with E-state index in [4.69, 9.17) is 27.7 Å². The van der Waals surface area contributed by atoms with E-state index >= 15 is 0 Å². The van der Waals surface area contributed by atoms with E-state index in [-0.39, 0.29) is 12.8 Å². The number of carbonyl (C=O) groups excluding carboxylic acids is 2. The molecule has 0 aromatic heterocycles. The van der Waals surface area contributed by atoms with Crippen molar-refractivity contribution < 1.29 is 62.8 Å². The molecule has 47 heavy (non-hydrogen) atoms. The van der Waals surface area contributed by atoms with Gasteiger partial charge >= 0.3 is 32.7 Å². The van der Waals surface area contributed by atoms with Crippen molar-refractivity contribution in [2.24, 2.45) is 0 Å². The maximum atomic E-state index is 13.0. The molecule has 0 unspecified atom stereocenters. The van der Waals surface area contributed by atoms with Gasteiger partial charge in [0.25, 0.3) is 0 Å². The van der Waals surface area contributed by atoms with Crippen molar-refractivity contribution in [3.05, 3.63) is 0 Å². The van der Waals surface area contributed by atoms with E-state index in [1.807, 2.05) is 0 Å². The van der Waals surface area contributed by atoms with Crippen molar-refractivity contribution in [3.8, 4) is 0 Å². The lowest BCUT2D eigenvalue weighted by Gasteiger charge is -2.43. The molecule has 0 aliphatic carbocycles. The van der Waals surface area contributed by atoms with Crippen LogP contribution in [0.5, 0.6) is 0 Å². The molecule has 0 amide bonds. The fourth-order valence-corrected chi connectivity index (χ4v) is 6.27. The van der Waals surface area contributed by atoms with Crippen molar-refractivity contribution in [1.82, 2.24) is 0 Å². The molecule has 0 saturated carbocycles. The molecule has 5 atom stereocenters. The molecular weight excluding hydrogens is 660 g/mol. The summed E-state index contributed by atoms with van der Waals surface area (Å²) in [6.45, 7) is 3.31. The zero-order chi connectivity index (χ0) is 35.1. The topological polar surface area (TPSA) is 198 Å². The van der Waals surface area contributed by atoms with Gasteiger partial charge in [-0.25, -0.2) is 8.37 Å². The molecule has 0 spiro atoms. The number of rotatable bonds is 28. The normalized spacial score (nSPS) is 21.9. The molecule has 0 radical (unpaired) electrons. The molecule has 0 aromatic carbocycles. The third kappa shape index (κ3) is 21.3. The molecule has 1 aliphatic rings. The zero-order valence-corrected chi connectivity index (χ0v) is 30.0. The Balaban J connectivity index is 2.95. The third-order valence-corrected chi connectivity index (χ3v) is 8.84. The Hall–Kier alpha value is -1.40. The lowest BCUT2D eigenvalue weighted by atomic mass is 9.98. The van der Waals surface area contributed by atoms with Crippen molar-refractivity contribution >= 4 is 32.7 Å². The highest BCUT2D eigenvalue weighted by Gasteiger charge is 2.53. The first kappa shape index (κ1) is 43.6. The number of carbonyl (C=O) groups is 2. The van der Waals surface area contributed by atoms with E-state index in [2.05, 4.69) is 18.0 Å². The smallest absolute Gasteiger partial charge is 0.397 e. The molecule has 1 saturated heterocycles. The highest BCUT2D eigenvalue weighted by Crippen LogP contribution is 2.31. The van der Waals surface area contributed by atoms with Crippen molar-refractivity contribution in [1.29, 1.82) is 0 Å². The summed E-state index contributed by atoms with van der Waals surface area (Å²) in [5.74, 6) is -1.46. The summed E-state index contributed by atoms with van der Waals surface area (Å²) in [5.41, 5.74) is 0. The van der Waals surface area contributed by atoms with Crippen molar-refractivity contribution in [2.45, 2.75) is 173 Å². The average molecular weight is 719 g/mol. The van der Waals surface area contributed by atoms with Gasteiger partial charge in [-0.3, -0.25) is 18.7 Å². The Kier molecular flexibility index (Phi) is 22.9. The van der Waals surface area contributed by atoms with E-state index in [9.17, 15) is 31.0 Å². The minimum absolute atomic E-state index is 0.0149. The Labute approximate surface area is 281 Å². The van der Waals surface area contributed by atoms with Crippen LogP contribution in [0.15, 0.2) is 0 Å². The quantitative estimate of drug-likeness (QED) is 0.0540. The summed E-state index contributed by atoms with van der Waals surface area (Å²) in [4.78, 5) is 25.8. The summed E-state index contributed by atoms with van der Waals surface area (Å²) in [5, 5.41) is 0. The first-order chi connectivity index (χ1) is 22.3. The molecule has 278 valence electrons. The summed E-state index contributed by atoms with van der Waals surface area (Å²) >= 11 is 0. The van der Waals surface area contributed by atoms with Crippen molar-refractivity contribution in [3.63, 3.8) is 0 Å². The Morgan fingerprint density at radius 2 is 1.00 bits per heavy atom. The van der Waals surface area contributed by atoms with E-state index < -0.39 is 70.0 Å². The second-order valence-corrected chi connectivity index (χ2v) is 14.2. The molecule has 0 bridgehead atoms. The maximum Gasteiger partial charge on any atom is 0.397 e. The van der Waals surface area contributed by atoms with Crippen LogP contribution in [0, 0.1) is 0 Å². The van der Waals surface area contributed by atoms with Crippen LogP contribution in [0.25, 0.3) is 0 Å². The van der Waals surface area contributed by atoms with Crippen LogP contribution in [0.1, 0.15) is 142 Å². The molecule has 14 nitrogen and oxygen atoms in total. The largest absolute Gasteiger partial charge is 0.455 e. The lowest BCUT2D eigenvalue weighted by molar-refractivity contribution is -0.295. The van der Waals surface area contributed by atoms with Crippen LogP contribution in [0.4, 0.5) is 0 Å². The van der Waals surface area contributed by atoms with Crippen LogP contribution in [-0.4, -0.2) is 82.3 Å². The Bertz CT molecular complexity index is 1070. The van der Waals surface area contributed by atoms with Gasteiger partial charge in [0, 0.05) is 20.0 Å². The van der Waals surface area contributed by atoms with Gasteiger partial charge < -0.3 is 18.9 Å². The van der Waals surface area contributed by atoms with E-state index in [0.29, 0.717) is 12.8 Å². The van der Waals surface area contributed by atoms with E-state index in [0.717, 1.165) is 57.8 Å². The van der Waals surface area contributed by atoms with Crippen LogP contribution in [0.3, 0.4) is 0 Å². The fraction of sp³-hybridized carbons (Fsp3) is 0.935. The van der Waals surface area contributed by atoms with Crippen molar-refractivity contribution in [2.75, 3.05) is 13.7 Å². The monoisotopic (exact) mass is 718 g/mol. The van der Waals surface area contributed by atoms with Gasteiger partial charge in [0.2, 0.25) is 0 Å². The maximum absolute atomic E-state index is 13.0. The summed E-state index contributed by atoms with van der Waals surface area (Å²) in [6, 6.07) is 0. The Morgan fingerprint density at radius 1 is 0.596 bits per heavy atom. The number of hydrogen-bond donors (Lipinski definition) is 2. The zero-order valence-electron chi connectivity index (χ0n) is 28.3. The van der Waals surface area contributed by atoms with E-state index in [1.54, 1.807) is 0 Å². The Morgan fingerprint density at radius 3 is 1.38 bits per heavy atom. The first-order valence-corrected chi connectivity index (χ1v) is 19.9. The molecular formula is C31H58O14S2. The van der Waals surface area contributed by atoms with E-state index in [1.165, 1.54) is 52.1 Å². The predicted octanol–water partition coefficient (Wildman–Crippen LogP) is 6.03. The minimum atomic E-state index is -5.24. The molecule has 1 heterocycles. The highest BCUT2D eigenvalue weighted by atomic mass is 32.3. The van der Waals surface area contributed by atoms with Gasteiger partial charge in [0.15, 0.2) is 18.5 Å². The second kappa shape index (κ2) is 24.7. The molecule has 2 N–H and O–H groups in total. The first-order valence-electron chi connectivity index (χ1n) is 17.2. The number of esters is 2.